The number of hydrogen-bond acceptors (Lipinski definition) is 2. The first-order valence-corrected chi connectivity index (χ1v) is 8.78. The molecule has 0 saturated heterocycles. The fourth-order valence-corrected chi connectivity index (χ4v) is 4.01. The number of halogens is 1. The van der Waals surface area contributed by atoms with Gasteiger partial charge in [0.25, 0.3) is 0 Å². The maximum absolute atomic E-state index is 6.03. The van der Waals surface area contributed by atoms with Crippen LogP contribution in [0.4, 0.5) is 0 Å². The largest absolute Gasteiger partial charge is 0.478 e. The molecule has 0 aromatic carbocycles. The molecule has 0 spiro atoms. The lowest BCUT2D eigenvalue weighted by Gasteiger charge is -2.29. The molecule has 1 atom stereocenters. The molecule has 0 aromatic rings. The van der Waals surface area contributed by atoms with E-state index >= 15 is 0 Å². The summed E-state index contributed by atoms with van der Waals surface area (Å²) in [6.45, 7) is 7.57. The first kappa shape index (κ1) is 14.6. The molecular weight excluding hydrogens is 337 g/mol. The molecule has 1 fully saturated rings. The van der Waals surface area contributed by atoms with Gasteiger partial charge < -0.3 is 4.74 Å². The fourth-order valence-electron chi connectivity index (χ4n) is 2.92. The van der Waals surface area contributed by atoms with Gasteiger partial charge in [-0.1, -0.05) is 69.0 Å². The van der Waals surface area contributed by atoms with Gasteiger partial charge in [-0.2, -0.15) is 0 Å². The maximum Gasteiger partial charge on any atom is 0.190 e. The maximum atomic E-state index is 6.03. The van der Waals surface area contributed by atoms with Crippen molar-refractivity contribution in [3.8, 4) is 0 Å². The number of nitrogens with zero attached hydrogens (tertiary/aromatic N) is 1. The zero-order valence-electron chi connectivity index (χ0n) is 12.0. The summed E-state index contributed by atoms with van der Waals surface area (Å²) in [4.78, 5) is 4.96. The van der Waals surface area contributed by atoms with Gasteiger partial charge in [0, 0.05) is 4.43 Å². The highest BCUT2D eigenvalue weighted by atomic mass is 127. The van der Waals surface area contributed by atoms with E-state index < -0.39 is 0 Å². The van der Waals surface area contributed by atoms with Gasteiger partial charge in [-0.15, -0.1) is 0 Å². The summed E-state index contributed by atoms with van der Waals surface area (Å²) < 4.78 is 7.18. The third kappa shape index (κ3) is 3.02. The highest BCUT2D eigenvalue weighted by Crippen LogP contribution is 2.41. The Labute approximate surface area is 125 Å². The molecule has 0 bridgehead atoms. The van der Waals surface area contributed by atoms with Crippen LogP contribution in [-0.2, 0) is 4.74 Å². The molecular formula is C15H26INO. The SMILES string of the molecule is CC(C)(C)C1COC(C2(CI)CCCCCC2)=N1. The van der Waals surface area contributed by atoms with Crippen molar-refractivity contribution in [2.24, 2.45) is 15.8 Å². The van der Waals surface area contributed by atoms with E-state index in [0.717, 1.165) is 16.9 Å². The summed E-state index contributed by atoms with van der Waals surface area (Å²) in [7, 11) is 0. The molecule has 1 saturated carbocycles. The topological polar surface area (TPSA) is 21.6 Å². The first-order chi connectivity index (χ1) is 8.48. The van der Waals surface area contributed by atoms with Crippen molar-refractivity contribution in [2.45, 2.75) is 65.3 Å². The van der Waals surface area contributed by atoms with Crippen LogP contribution in [0, 0.1) is 10.8 Å². The summed E-state index contributed by atoms with van der Waals surface area (Å²) in [5.41, 5.74) is 0.468. The zero-order chi connectivity index (χ0) is 13.2. The van der Waals surface area contributed by atoms with Crippen molar-refractivity contribution < 1.29 is 4.74 Å². The molecule has 1 unspecified atom stereocenters. The van der Waals surface area contributed by atoms with Crippen LogP contribution < -0.4 is 0 Å². The quantitative estimate of drug-likeness (QED) is 0.399. The Morgan fingerprint density at radius 3 is 2.28 bits per heavy atom. The number of hydrogen-bond donors (Lipinski definition) is 0. The molecule has 0 radical (unpaired) electrons. The molecule has 18 heavy (non-hydrogen) atoms. The van der Waals surface area contributed by atoms with Crippen LogP contribution in [0.5, 0.6) is 0 Å². The number of aliphatic imine (C=N–C) groups is 1. The second-order valence-electron chi connectivity index (χ2n) is 6.96. The van der Waals surface area contributed by atoms with Crippen LogP contribution in [0.3, 0.4) is 0 Å². The summed E-state index contributed by atoms with van der Waals surface area (Å²) >= 11 is 2.53. The van der Waals surface area contributed by atoms with E-state index in [0.29, 0.717) is 6.04 Å². The van der Waals surface area contributed by atoms with Crippen molar-refractivity contribution >= 4 is 28.5 Å². The molecule has 0 N–H and O–H groups in total. The number of alkyl halides is 1. The van der Waals surface area contributed by atoms with E-state index in [1.807, 2.05) is 0 Å². The van der Waals surface area contributed by atoms with Gasteiger partial charge in [-0.3, -0.25) is 0 Å². The van der Waals surface area contributed by atoms with Crippen molar-refractivity contribution in [1.29, 1.82) is 0 Å². The van der Waals surface area contributed by atoms with E-state index in [4.69, 9.17) is 9.73 Å². The van der Waals surface area contributed by atoms with Crippen LogP contribution >= 0.6 is 22.6 Å². The third-order valence-electron chi connectivity index (χ3n) is 4.42. The predicted molar refractivity (Wildman–Crippen MR) is 85.7 cm³/mol. The van der Waals surface area contributed by atoms with Crippen LogP contribution in [-0.4, -0.2) is 23.0 Å². The monoisotopic (exact) mass is 363 g/mol. The van der Waals surface area contributed by atoms with Crippen LogP contribution in [0.25, 0.3) is 0 Å². The number of ether oxygens (including phenoxy) is 1. The first-order valence-electron chi connectivity index (χ1n) is 7.25. The summed E-state index contributed by atoms with van der Waals surface area (Å²) in [5.74, 6) is 1.08. The summed E-state index contributed by atoms with van der Waals surface area (Å²) in [5, 5.41) is 0. The van der Waals surface area contributed by atoms with E-state index in [2.05, 4.69) is 43.4 Å². The third-order valence-corrected chi connectivity index (χ3v) is 5.88. The summed E-state index contributed by atoms with van der Waals surface area (Å²) in [6.07, 6.45) is 7.98. The molecule has 2 aliphatic rings. The molecule has 0 amide bonds. The lowest BCUT2D eigenvalue weighted by Crippen LogP contribution is -2.32. The number of rotatable bonds is 2. The van der Waals surface area contributed by atoms with Crippen molar-refractivity contribution in [1.82, 2.24) is 0 Å². The predicted octanol–water partition coefficient (Wildman–Crippen LogP) is 4.61. The average molecular weight is 363 g/mol. The van der Waals surface area contributed by atoms with E-state index in [-0.39, 0.29) is 10.8 Å². The Hall–Kier alpha value is 0.200. The van der Waals surface area contributed by atoms with Crippen LogP contribution in [0.1, 0.15) is 59.3 Å². The summed E-state index contributed by atoms with van der Waals surface area (Å²) in [6, 6.07) is 0.343. The Morgan fingerprint density at radius 2 is 1.83 bits per heavy atom. The Kier molecular flexibility index (Phi) is 4.61. The van der Waals surface area contributed by atoms with Crippen LogP contribution in [0.2, 0.25) is 0 Å². The van der Waals surface area contributed by atoms with Gasteiger partial charge >= 0.3 is 0 Å². The Morgan fingerprint density at radius 1 is 1.22 bits per heavy atom. The zero-order valence-corrected chi connectivity index (χ0v) is 14.1. The highest BCUT2D eigenvalue weighted by molar-refractivity contribution is 14.1. The molecule has 2 rings (SSSR count). The van der Waals surface area contributed by atoms with Gasteiger partial charge in [0.15, 0.2) is 5.90 Å². The minimum absolute atomic E-state index is 0.221. The fraction of sp³-hybridized carbons (Fsp3) is 0.933. The lowest BCUT2D eigenvalue weighted by molar-refractivity contribution is 0.215. The highest BCUT2D eigenvalue weighted by Gasteiger charge is 2.42. The Bertz CT molecular complexity index is 311. The van der Waals surface area contributed by atoms with E-state index in [9.17, 15) is 0 Å². The van der Waals surface area contributed by atoms with Gasteiger partial charge in [0.1, 0.15) is 6.61 Å². The Balaban J connectivity index is 2.18. The van der Waals surface area contributed by atoms with E-state index in [1.54, 1.807) is 0 Å². The van der Waals surface area contributed by atoms with E-state index in [1.165, 1.54) is 38.5 Å². The normalized spacial score (nSPS) is 28.4. The second kappa shape index (κ2) is 5.68. The van der Waals surface area contributed by atoms with Gasteiger partial charge in [0.05, 0.1) is 11.5 Å². The van der Waals surface area contributed by atoms with Gasteiger partial charge in [0.2, 0.25) is 0 Å². The molecule has 1 aliphatic heterocycles. The van der Waals surface area contributed by atoms with Gasteiger partial charge in [-0.05, 0) is 18.3 Å². The minimum atomic E-state index is 0.221. The molecule has 3 heteroatoms. The second-order valence-corrected chi connectivity index (χ2v) is 7.72. The molecule has 2 nitrogen and oxygen atoms in total. The van der Waals surface area contributed by atoms with Crippen molar-refractivity contribution in [3.63, 3.8) is 0 Å². The standard InChI is InChI=1S/C15H26INO/c1-14(2,3)12-10-18-13(17-12)15(11-16)8-6-4-5-7-9-15/h12H,4-11H2,1-3H3. The molecule has 104 valence electrons. The average Bonchev–Trinajstić information content (AvgIpc) is 2.70. The lowest BCUT2D eigenvalue weighted by atomic mass is 9.82. The molecule has 1 aliphatic carbocycles. The van der Waals surface area contributed by atoms with Crippen LogP contribution in [0.15, 0.2) is 4.99 Å². The van der Waals surface area contributed by atoms with Gasteiger partial charge in [-0.25, -0.2) is 4.99 Å². The smallest absolute Gasteiger partial charge is 0.190 e. The van der Waals surface area contributed by atoms with Crippen molar-refractivity contribution in [3.05, 3.63) is 0 Å². The minimum Gasteiger partial charge on any atom is -0.478 e. The van der Waals surface area contributed by atoms with Crippen molar-refractivity contribution in [2.75, 3.05) is 11.0 Å². The molecule has 0 aromatic heterocycles. The molecule has 1 heterocycles.